The Hall–Kier alpha value is -0.660. The van der Waals surface area contributed by atoms with Crippen LogP contribution in [0, 0.1) is 0 Å². The average molecular weight is 245 g/mol. The molecule has 7 heteroatoms. The molecule has 0 aliphatic heterocycles. The molecule has 0 spiro atoms. The SMILES string of the molecule is O=C(O)C(CSc1nncs1)NC1CC1. The largest absolute Gasteiger partial charge is 0.480 e. The highest BCUT2D eigenvalue weighted by Gasteiger charge is 2.28. The number of thioether (sulfide) groups is 1. The first-order valence-electron chi connectivity index (χ1n) is 4.63. The molecular weight excluding hydrogens is 234 g/mol. The fourth-order valence-electron chi connectivity index (χ4n) is 1.11. The summed E-state index contributed by atoms with van der Waals surface area (Å²) in [7, 11) is 0. The van der Waals surface area contributed by atoms with Gasteiger partial charge < -0.3 is 10.4 Å². The Balaban J connectivity index is 1.80. The maximum atomic E-state index is 10.9. The van der Waals surface area contributed by atoms with Crippen molar-refractivity contribution < 1.29 is 9.90 Å². The van der Waals surface area contributed by atoms with Gasteiger partial charge in [-0.15, -0.1) is 10.2 Å². The Bertz CT molecular complexity index is 327. The number of carboxylic acids is 1. The van der Waals surface area contributed by atoms with Crippen LogP contribution in [0.5, 0.6) is 0 Å². The second-order valence-electron chi connectivity index (χ2n) is 3.35. The van der Waals surface area contributed by atoms with Crippen LogP contribution < -0.4 is 5.32 Å². The molecule has 0 radical (unpaired) electrons. The topological polar surface area (TPSA) is 75.1 Å². The van der Waals surface area contributed by atoms with Crippen LogP contribution in [0.3, 0.4) is 0 Å². The number of hydrogen-bond donors (Lipinski definition) is 2. The number of aliphatic carboxylic acids is 1. The van der Waals surface area contributed by atoms with Crippen LogP contribution in [-0.4, -0.2) is 39.1 Å². The van der Waals surface area contributed by atoms with Gasteiger partial charge in [0.1, 0.15) is 11.6 Å². The first-order chi connectivity index (χ1) is 7.25. The average Bonchev–Trinajstić information content (AvgIpc) is 2.87. The number of nitrogens with zero attached hydrogens (tertiary/aromatic N) is 2. The van der Waals surface area contributed by atoms with Crippen molar-refractivity contribution >= 4 is 29.1 Å². The number of rotatable bonds is 6. The van der Waals surface area contributed by atoms with E-state index in [2.05, 4.69) is 15.5 Å². The lowest BCUT2D eigenvalue weighted by Gasteiger charge is -2.11. The van der Waals surface area contributed by atoms with E-state index >= 15 is 0 Å². The second kappa shape index (κ2) is 4.91. The summed E-state index contributed by atoms with van der Waals surface area (Å²) in [6.07, 6.45) is 2.18. The van der Waals surface area contributed by atoms with Crippen molar-refractivity contribution in [1.82, 2.24) is 15.5 Å². The van der Waals surface area contributed by atoms with Gasteiger partial charge in [-0.2, -0.15) is 0 Å². The van der Waals surface area contributed by atoms with E-state index in [1.165, 1.54) is 23.1 Å². The minimum atomic E-state index is -0.793. The summed E-state index contributed by atoms with van der Waals surface area (Å²) in [6, 6.07) is -0.0764. The predicted octanol–water partition coefficient (Wildman–Crippen LogP) is 0.835. The Morgan fingerprint density at radius 1 is 1.80 bits per heavy atom. The van der Waals surface area contributed by atoms with Gasteiger partial charge in [-0.3, -0.25) is 4.79 Å². The normalized spacial score (nSPS) is 17.6. The van der Waals surface area contributed by atoms with Crippen LogP contribution in [0.2, 0.25) is 0 Å². The molecule has 1 fully saturated rings. The first kappa shape index (κ1) is 10.8. The van der Waals surface area contributed by atoms with Crippen LogP contribution in [0.4, 0.5) is 0 Å². The lowest BCUT2D eigenvalue weighted by Crippen LogP contribution is -2.40. The monoisotopic (exact) mass is 245 g/mol. The molecule has 1 saturated carbocycles. The van der Waals surface area contributed by atoms with E-state index in [9.17, 15) is 4.79 Å². The summed E-state index contributed by atoms with van der Waals surface area (Å²) >= 11 is 2.87. The maximum Gasteiger partial charge on any atom is 0.321 e. The third-order valence-electron chi connectivity index (χ3n) is 2.03. The van der Waals surface area contributed by atoms with Crippen molar-refractivity contribution in [2.24, 2.45) is 0 Å². The zero-order valence-electron chi connectivity index (χ0n) is 7.92. The second-order valence-corrected chi connectivity index (χ2v) is 5.45. The van der Waals surface area contributed by atoms with Crippen molar-refractivity contribution in [2.45, 2.75) is 29.3 Å². The zero-order valence-corrected chi connectivity index (χ0v) is 9.55. The first-order valence-corrected chi connectivity index (χ1v) is 6.50. The molecule has 0 saturated heterocycles. The molecule has 2 rings (SSSR count). The van der Waals surface area contributed by atoms with E-state index in [0.717, 1.165) is 17.2 Å². The van der Waals surface area contributed by atoms with Crippen molar-refractivity contribution in [1.29, 1.82) is 0 Å². The highest BCUT2D eigenvalue weighted by atomic mass is 32.2. The van der Waals surface area contributed by atoms with Gasteiger partial charge in [-0.25, -0.2) is 0 Å². The van der Waals surface area contributed by atoms with E-state index in [0.29, 0.717) is 11.8 Å². The minimum Gasteiger partial charge on any atom is -0.480 e. The van der Waals surface area contributed by atoms with Crippen LogP contribution in [0.25, 0.3) is 0 Å². The summed E-state index contributed by atoms with van der Waals surface area (Å²) in [6.45, 7) is 0. The van der Waals surface area contributed by atoms with E-state index in [-0.39, 0.29) is 0 Å². The molecular formula is C8H11N3O2S2. The number of aromatic nitrogens is 2. The third-order valence-corrected chi connectivity index (χ3v) is 3.98. The summed E-state index contributed by atoms with van der Waals surface area (Å²) in [4.78, 5) is 10.9. The third kappa shape index (κ3) is 3.44. The van der Waals surface area contributed by atoms with Gasteiger partial charge >= 0.3 is 5.97 Å². The molecule has 1 aromatic rings. The van der Waals surface area contributed by atoms with Gasteiger partial charge in [0.15, 0.2) is 4.34 Å². The molecule has 0 aromatic carbocycles. The molecule has 1 aromatic heterocycles. The molecule has 15 heavy (non-hydrogen) atoms. The van der Waals surface area contributed by atoms with Crippen molar-refractivity contribution in [3.63, 3.8) is 0 Å². The predicted molar refractivity (Wildman–Crippen MR) is 58.2 cm³/mol. The van der Waals surface area contributed by atoms with Gasteiger partial charge in [0.25, 0.3) is 0 Å². The van der Waals surface area contributed by atoms with Crippen molar-refractivity contribution in [3.05, 3.63) is 5.51 Å². The van der Waals surface area contributed by atoms with Crippen molar-refractivity contribution in [3.8, 4) is 0 Å². The van der Waals surface area contributed by atoms with Crippen LogP contribution in [-0.2, 0) is 4.79 Å². The van der Waals surface area contributed by atoms with E-state index < -0.39 is 12.0 Å². The van der Waals surface area contributed by atoms with Crippen LogP contribution in [0.1, 0.15) is 12.8 Å². The standard InChI is InChI=1S/C8H11N3O2S2/c12-7(13)6(10-5-1-2-5)3-14-8-11-9-4-15-8/h4-6,10H,1-3H2,(H,12,13). The molecule has 1 unspecified atom stereocenters. The molecule has 1 heterocycles. The summed E-state index contributed by atoms with van der Waals surface area (Å²) in [5.41, 5.74) is 1.65. The van der Waals surface area contributed by atoms with Crippen LogP contribution in [0.15, 0.2) is 9.85 Å². The number of carbonyl (C=O) groups is 1. The lowest BCUT2D eigenvalue weighted by molar-refractivity contribution is -0.138. The van der Waals surface area contributed by atoms with E-state index in [1.54, 1.807) is 5.51 Å². The van der Waals surface area contributed by atoms with E-state index in [1.807, 2.05) is 0 Å². The maximum absolute atomic E-state index is 10.9. The molecule has 1 aliphatic rings. The zero-order chi connectivity index (χ0) is 10.7. The molecule has 1 atom stereocenters. The molecule has 82 valence electrons. The van der Waals surface area contributed by atoms with E-state index in [4.69, 9.17) is 5.11 Å². The fraction of sp³-hybridized carbons (Fsp3) is 0.625. The summed E-state index contributed by atoms with van der Waals surface area (Å²) in [5, 5.41) is 19.6. The molecule has 0 amide bonds. The van der Waals surface area contributed by atoms with Crippen LogP contribution >= 0.6 is 23.1 Å². The van der Waals surface area contributed by atoms with Gasteiger partial charge in [0.2, 0.25) is 0 Å². The molecule has 0 bridgehead atoms. The van der Waals surface area contributed by atoms with Gasteiger partial charge in [-0.1, -0.05) is 23.1 Å². The summed E-state index contributed by atoms with van der Waals surface area (Å²) in [5.74, 6) is -0.292. The molecule has 5 nitrogen and oxygen atoms in total. The minimum absolute atomic E-state index is 0.404. The van der Waals surface area contributed by atoms with Gasteiger partial charge in [-0.05, 0) is 12.8 Å². The number of nitrogens with one attached hydrogen (secondary N) is 1. The Morgan fingerprint density at radius 2 is 2.60 bits per heavy atom. The fourth-order valence-corrected chi connectivity index (χ4v) is 2.64. The highest BCUT2D eigenvalue weighted by molar-refractivity contribution is 8.01. The molecule has 2 N–H and O–H groups in total. The lowest BCUT2D eigenvalue weighted by atomic mass is 10.3. The Labute approximate surface area is 95.3 Å². The summed E-state index contributed by atoms with van der Waals surface area (Å²) < 4.78 is 0.818. The van der Waals surface area contributed by atoms with Gasteiger partial charge in [0, 0.05) is 11.8 Å². The smallest absolute Gasteiger partial charge is 0.321 e. The highest BCUT2D eigenvalue weighted by Crippen LogP contribution is 2.23. The number of carboxylic acid groups (broad SMARTS) is 1. The van der Waals surface area contributed by atoms with Crippen molar-refractivity contribution in [2.75, 3.05) is 5.75 Å². The number of hydrogen-bond acceptors (Lipinski definition) is 6. The Kier molecular flexibility index (Phi) is 3.55. The Morgan fingerprint density at radius 3 is 3.13 bits per heavy atom. The quantitative estimate of drug-likeness (QED) is 0.723. The molecule has 1 aliphatic carbocycles. The van der Waals surface area contributed by atoms with Gasteiger partial charge in [0.05, 0.1) is 0 Å².